The van der Waals surface area contributed by atoms with Crippen molar-refractivity contribution in [2.24, 2.45) is 11.3 Å². The first-order chi connectivity index (χ1) is 8.87. The molecule has 0 aromatic heterocycles. The first-order valence-electron chi connectivity index (χ1n) is 6.80. The summed E-state index contributed by atoms with van der Waals surface area (Å²) in [6, 6.07) is 0. The minimum atomic E-state index is -3.40. The summed E-state index contributed by atoms with van der Waals surface area (Å²) in [5, 5.41) is 10.5. The normalized spacial score (nSPS) is 31.2. The molecule has 1 heterocycles. The molecule has 6 nitrogen and oxygen atoms in total. The van der Waals surface area contributed by atoms with Gasteiger partial charge in [-0.25, -0.2) is 4.72 Å². The predicted molar refractivity (Wildman–Crippen MR) is 71.8 cm³/mol. The van der Waals surface area contributed by atoms with Crippen LogP contribution in [0.5, 0.6) is 0 Å². The van der Waals surface area contributed by atoms with E-state index in [1.165, 1.54) is 14.1 Å². The number of nitrogens with zero attached hydrogens (tertiary/aromatic N) is 1. The average Bonchev–Trinajstić information content (AvgIpc) is 2.66. The van der Waals surface area contributed by atoms with Crippen molar-refractivity contribution in [3.63, 3.8) is 0 Å². The van der Waals surface area contributed by atoms with E-state index in [4.69, 9.17) is 4.74 Å². The molecule has 7 heteroatoms. The summed E-state index contributed by atoms with van der Waals surface area (Å²) in [5.41, 5.74) is -0.0491. The topological polar surface area (TPSA) is 78.9 Å². The highest BCUT2D eigenvalue weighted by Crippen LogP contribution is 2.48. The molecule has 19 heavy (non-hydrogen) atoms. The second kappa shape index (κ2) is 5.65. The van der Waals surface area contributed by atoms with Gasteiger partial charge in [0.05, 0.1) is 6.10 Å². The van der Waals surface area contributed by atoms with Crippen molar-refractivity contribution < 1.29 is 18.3 Å². The Morgan fingerprint density at radius 3 is 2.53 bits per heavy atom. The zero-order chi connectivity index (χ0) is 14.1. The lowest BCUT2D eigenvalue weighted by atomic mass is 9.76. The third kappa shape index (κ3) is 3.11. The average molecular weight is 292 g/mol. The van der Waals surface area contributed by atoms with Crippen LogP contribution in [0.15, 0.2) is 0 Å². The number of rotatable bonds is 4. The first-order valence-corrected chi connectivity index (χ1v) is 8.24. The maximum atomic E-state index is 11.7. The van der Waals surface area contributed by atoms with E-state index >= 15 is 0 Å². The van der Waals surface area contributed by atoms with Gasteiger partial charge in [-0.1, -0.05) is 0 Å². The summed E-state index contributed by atoms with van der Waals surface area (Å²) in [6.07, 6.45) is 3.17. The third-order valence-corrected chi connectivity index (χ3v) is 6.08. The summed E-state index contributed by atoms with van der Waals surface area (Å²) in [5.74, 6) is 0.00725. The van der Waals surface area contributed by atoms with E-state index in [0.29, 0.717) is 19.8 Å². The van der Waals surface area contributed by atoms with Crippen LogP contribution < -0.4 is 4.72 Å². The van der Waals surface area contributed by atoms with Crippen LogP contribution in [0, 0.1) is 11.3 Å². The molecule has 0 aromatic rings. The van der Waals surface area contributed by atoms with Crippen LogP contribution in [0.4, 0.5) is 0 Å². The van der Waals surface area contributed by atoms with Gasteiger partial charge >= 0.3 is 0 Å². The number of aliphatic hydroxyl groups excluding tert-OH is 1. The van der Waals surface area contributed by atoms with E-state index in [9.17, 15) is 13.5 Å². The minimum Gasteiger partial charge on any atom is -0.392 e. The molecule has 1 saturated heterocycles. The van der Waals surface area contributed by atoms with Gasteiger partial charge in [-0.2, -0.15) is 12.7 Å². The number of ether oxygens (including phenoxy) is 1. The van der Waals surface area contributed by atoms with Crippen LogP contribution in [0.1, 0.15) is 25.7 Å². The number of hydrogen-bond donors (Lipinski definition) is 2. The number of nitrogens with one attached hydrogen (secondary N) is 1. The van der Waals surface area contributed by atoms with Crippen LogP contribution in [-0.2, 0) is 14.9 Å². The molecule has 1 aliphatic heterocycles. The third-order valence-electron chi connectivity index (χ3n) is 4.58. The fraction of sp³-hybridized carbons (Fsp3) is 1.00. The minimum absolute atomic E-state index is 0.00725. The summed E-state index contributed by atoms with van der Waals surface area (Å²) in [6.45, 7) is 1.71. The van der Waals surface area contributed by atoms with Gasteiger partial charge in [0.15, 0.2) is 0 Å². The highest BCUT2D eigenvalue weighted by atomic mass is 32.2. The maximum Gasteiger partial charge on any atom is 0.278 e. The van der Waals surface area contributed by atoms with Gasteiger partial charge in [-0.05, 0) is 31.6 Å². The maximum absolute atomic E-state index is 11.7. The zero-order valence-corrected chi connectivity index (χ0v) is 12.4. The second-order valence-corrected chi connectivity index (χ2v) is 7.82. The van der Waals surface area contributed by atoms with Crippen LogP contribution in [0.2, 0.25) is 0 Å². The molecule has 1 saturated carbocycles. The van der Waals surface area contributed by atoms with Crippen LogP contribution in [-0.4, -0.2) is 57.8 Å². The number of hydrogen-bond acceptors (Lipinski definition) is 4. The van der Waals surface area contributed by atoms with Crippen molar-refractivity contribution in [1.82, 2.24) is 9.03 Å². The Hall–Kier alpha value is -0.210. The largest absolute Gasteiger partial charge is 0.392 e. The Kier molecular flexibility index (Phi) is 4.52. The monoisotopic (exact) mass is 292 g/mol. The van der Waals surface area contributed by atoms with E-state index in [2.05, 4.69) is 4.72 Å². The lowest BCUT2D eigenvalue weighted by molar-refractivity contribution is -0.0552. The molecular formula is C12H24N2O4S. The summed E-state index contributed by atoms with van der Waals surface area (Å²) in [7, 11) is -0.417. The fourth-order valence-electron chi connectivity index (χ4n) is 3.16. The van der Waals surface area contributed by atoms with E-state index in [-0.39, 0.29) is 11.3 Å². The van der Waals surface area contributed by atoms with E-state index in [0.717, 1.165) is 30.0 Å². The highest BCUT2D eigenvalue weighted by Gasteiger charge is 2.48. The van der Waals surface area contributed by atoms with Crippen LogP contribution in [0.25, 0.3) is 0 Å². The van der Waals surface area contributed by atoms with Crippen LogP contribution in [0.3, 0.4) is 0 Å². The van der Waals surface area contributed by atoms with Gasteiger partial charge in [0.2, 0.25) is 0 Å². The molecule has 2 N–H and O–H groups in total. The van der Waals surface area contributed by atoms with Crippen molar-refractivity contribution in [3.8, 4) is 0 Å². The van der Waals surface area contributed by atoms with Crippen molar-refractivity contribution in [2.75, 3.05) is 33.9 Å². The van der Waals surface area contributed by atoms with E-state index < -0.39 is 16.3 Å². The van der Waals surface area contributed by atoms with Gasteiger partial charge in [0, 0.05) is 39.3 Å². The summed E-state index contributed by atoms with van der Waals surface area (Å²) in [4.78, 5) is 0. The highest BCUT2D eigenvalue weighted by molar-refractivity contribution is 7.87. The molecular weight excluding hydrogens is 268 g/mol. The van der Waals surface area contributed by atoms with Crippen LogP contribution >= 0.6 is 0 Å². The predicted octanol–water partition coefficient (Wildman–Crippen LogP) is -0.0499. The second-order valence-electron chi connectivity index (χ2n) is 5.85. The van der Waals surface area contributed by atoms with Gasteiger partial charge in [0.1, 0.15) is 0 Å². The molecule has 0 bridgehead atoms. The standard InChI is InChI=1S/C12H24N2O4S/c1-14(2)19(16,17)13-9-10-3-4-12(11(10)15)5-7-18-8-6-12/h10-11,13,15H,3-9H2,1-2H3/t10-,11+/m1/s1. The van der Waals surface area contributed by atoms with E-state index in [1.54, 1.807) is 0 Å². The Morgan fingerprint density at radius 2 is 1.95 bits per heavy atom. The molecule has 112 valence electrons. The van der Waals surface area contributed by atoms with Crippen molar-refractivity contribution >= 4 is 10.2 Å². The Bertz CT molecular complexity index is 404. The number of aliphatic hydroxyl groups is 1. The molecule has 1 aliphatic carbocycles. The van der Waals surface area contributed by atoms with Gasteiger partial charge < -0.3 is 9.84 Å². The quantitative estimate of drug-likeness (QED) is 0.761. The Balaban J connectivity index is 1.93. The van der Waals surface area contributed by atoms with Gasteiger partial charge in [-0.3, -0.25) is 0 Å². The van der Waals surface area contributed by atoms with Crippen molar-refractivity contribution in [3.05, 3.63) is 0 Å². The molecule has 2 aliphatic rings. The van der Waals surface area contributed by atoms with Crippen molar-refractivity contribution in [2.45, 2.75) is 31.8 Å². The smallest absolute Gasteiger partial charge is 0.278 e. The lowest BCUT2D eigenvalue weighted by Gasteiger charge is -2.37. The molecule has 0 amide bonds. The summed E-state index contributed by atoms with van der Waals surface area (Å²) < 4.78 is 32.4. The molecule has 1 spiro atoms. The molecule has 0 aromatic carbocycles. The molecule has 2 fully saturated rings. The first kappa shape index (κ1) is 15.2. The SMILES string of the molecule is CN(C)S(=O)(=O)NC[C@H]1CCC2(CCOCC2)[C@H]1O. The van der Waals surface area contributed by atoms with E-state index in [1.807, 2.05) is 0 Å². The zero-order valence-electron chi connectivity index (χ0n) is 11.6. The van der Waals surface area contributed by atoms with Gasteiger partial charge in [0.25, 0.3) is 10.2 Å². The lowest BCUT2D eigenvalue weighted by Crippen LogP contribution is -2.43. The van der Waals surface area contributed by atoms with Crippen molar-refractivity contribution in [1.29, 1.82) is 0 Å². The van der Waals surface area contributed by atoms with Gasteiger partial charge in [-0.15, -0.1) is 0 Å². The Morgan fingerprint density at radius 1 is 1.32 bits per heavy atom. The molecule has 2 atom stereocenters. The molecule has 0 unspecified atom stereocenters. The molecule has 0 radical (unpaired) electrons. The molecule has 2 rings (SSSR count). The fourth-order valence-corrected chi connectivity index (χ4v) is 3.84. The summed E-state index contributed by atoms with van der Waals surface area (Å²) >= 11 is 0. The Labute approximate surface area is 115 Å².